The van der Waals surface area contributed by atoms with Gasteiger partial charge < -0.3 is 25.7 Å². The van der Waals surface area contributed by atoms with Crippen LogP contribution in [0.1, 0.15) is 6.42 Å². The van der Waals surface area contributed by atoms with Crippen molar-refractivity contribution < 1.29 is 29.4 Å². The molecule has 0 fully saturated rings. The molecule has 6 N–H and O–H groups in total. The molecule has 0 aliphatic heterocycles. The summed E-state index contributed by atoms with van der Waals surface area (Å²) in [6.45, 7) is -0.325. The van der Waals surface area contributed by atoms with Crippen molar-refractivity contribution in [2.75, 3.05) is 6.54 Å². The zero-order valence-electron chi connectivity index (χ0n) is 6.04. The second-order valence-corrected chi connectivity index (χ2v) is 4.03. The third-order valence-corrected chi connectivity index (χ3v) is 2.70. The van der Waals surface area contributed by atoms with Crippen molar-refractivity contribution in [3.63, 3.8) is 0 Å². The second kappa shape index (κ2) is 3.51. The van der Waals surface area contributed by atoms with E-state index in [1.807, 2.05) is 0 Å². The molecule has 0 aromatic heterocycles. The van der Waals surface area contributed by atoms with Crippen molar-refractivity contribution >= 4 is 13.6 Å². The van der Waals surface area contributed by atoms with Gasteiger partial charge in [-0.25, -0.2) is 4.79 Å². The third-order valence-electron chi connectivity index (χ3n) is 1.32. The summed E-state index contributed by atoms with van der Waals surface area (Å²) < 4.78 is 10.5. The molecular formula is C4H10NO6P. The maximum Gasteiger partial charge on any atom is 0.368 e. The summed E-state index contributed by atoms with van der Waals surface area (Å²) in [7, 11) is -5.08. The smallest absolute Gasteiger partial charge is 0.368 e. The fraction of sp³-hybridized carbons (Fsp3) is 0.750. The number of carbonyl (C=O) groups is 1. The van der Waals surface area contributed by atoms with Gasteiger partial charge in [-0.15, -0.1) is 0 Å². The van der Waals surface area contributed by atoms with Crippen molar-refractivity contribution in [1.29, 1.82) is 0 Å². The Kier molecular flexibility index (Phi) is 3.37. The number of carboxylic acid groups (broad SMARTS) is 1. The standard InChI is InChI=1S/C4H10NO6P/c5-2-1-4(8,3(6)7)12(9,10)11/h8H,1-2,5H2,(H,6,7)(H2,9,10,11). The van der Waals surface area contributed by atoms with Gasteiger partial charge in [0.2, 0.25) is 0 Å². The van der Waals surface area contributed by atoms with Crippen LogP contribution in [0.15, 0.2) is 0 Å². The van der Waals surface area contributed by atoms with E-state index >= 15 is 0 Å². The number of hydrogen-bond donors (Lipinski definition) is 5. The molecule has 0 saturated carbocycles. The monoisotopic (exact) mass is 199 g/mol. The highest BCUT2D eigenvalue weighted by atomic mass is 31.2. The van der Waals surface area contributed by atoms with Gasteiger partial charge in [-0.3, -0.25) is 4.57 Å². The zero-order valence-corrected chi connectivity index (χ0v) is 6.94. The van der Waals surface area contributed by atoms with Gasteiger partial charge in [0.25, 0.3) is 5.34 Å². The molecule has 0 heterocycles. The van der Waals surface area contributed by atoms with E-state index < -0.39 is 25.3 Å². The van der Waals surface area contributed by atoms with Gasteiger partial charge in [-0.1, -0.05) is 0 Å². The first-order valence-electron chi connectivity index (χ1n) is 2.97. The molecule has 72 valence electrons. The molecule has 1 atom stereocenters. The van der Waals surface area contributed by atoms with Crippen molar-refractivity contribution in [1.82, 2.24) is 0 Å². The van der Waals surface area contributed by atoms with Gasteiger partial charge in [0.05, 0.1) is 0 Å². The zero-order chi connectivity index (χ0) is 9.99. The molecule has 0 aromatic rings. The van der Waals surface area contributed by atoms with Crippen LogP contribution in [-0.2, 0) is 9.36 Å². The van der Waals surface area contributed by atoms with Crippen molar-refractivity contribution in [2.24, 2.45) is 5.73 Å². The molecule has 7 nitrogen and oxygen atoms in total. The number of aliphatic hydroxyl groups is 1. The van der Waals surface area contributed by atoms with Crippen LogP contribution in [0.2, 0.25) is 0 Å². The lowest BCUT2D eigenvalue weighted by molar-refractivity contribution is -0.151. The van der Waals surface area contributed by atoms with Gasteiger partial charge in [-0.05, 0) is 6.54 Å². The number of aliphatic carboxylic acids is 1. The molecule has 12 heavy (non-hydrogen) atoms. The Morgan fingerprint density at radius 1 is 1.50 bits per heavy atom. The van der Waals surface area contributed by atoms with Gasteiger partial charge in [-0.2, -0.15) is 0 Å². The number of nitrogens with two attached hydrogens (primary N) is 1. The van der Waals surface area contributed by atoms with E-state index in [-0.39, 0.29) is 6.54 Å². The van der Waals surface area contributed by atoms with Crippen molar-refractivity contribution in [2.45, 2.75) is 11.8 Å². The van der Waals surface area contributed by atoms with E-state index in [4.69, 9.17) is 25.7 Å². The summed E-state index contributed by atoms with van der Waals surface area (Å²) in [6.07, 6.45) is -0.688. The van der Waals surface area contributed by atoms with Crippen LogP contribution < -0.4 is 5.73 Å². The summed E-state index contributed by atoms with van der Waals surface area (Å²) >= 11 is 0. The lowest BCUT2D eigenvalue weighted by Gasteiger charge is -2.23. The second-order valence-electron chi connectivity index (χ2n) is 2.20. The summed E-state index contributed by atoms with van der Waals surface area (Å²) in [5.74, 6) is -1.97. The molecule has 0 radical (unpaired) electrons. The quantitative estimate of drug-likeness (QED) is 0.339. The van der Waals surface area contributed by atoms with E-state index in [0.29, 0.717) is 0 Å². The largest absolute Gasteiger partial charge is 0.479 e. The molecule has 8 heteroatoms. The average Bonchev–Trinajstić information content (AvgIpc) is 1.85. The van der Waals surface area contributed by atoms with Crippen LogP contribution >= 0.6 is 7.60 Å². The average molecular weight is 199 g/mol. The van der Waals surface area contributed by atoms with Gasteiger partial charge in [0.1, 0.15) is 0 Å². The highest BCUT2D eigenvalue weighted by Crippen LogP contribution is 2.50. The highest BCUT2D eigenvalue weighted by molar-refractivity contribution is 7.54. The molecule has 0 aliphatic carbocycles. The SMILES string of the molecule is NCCC(O)(C(=O)O)P(=O)(O)O. The molecule has 0 amide bonds. The lowest BCUT2D eigenvalue weighted by atomic mass is 10.2. The fourth-order valence-electron chi connectivity index (χ4n) is 0.578. The van der Waals surface area contributed by atoms with Crippen LogP contribution in [0.5, 0.6) is 0 Å². The van der Waals surface area contributed by atoms with E-state index in [9.17, 15) is 9.36 Å². The van der Waals surface area contributed by atoms with Crippen LogP contribution in [0.3, 0.4) is 0 Å². The Bertz CT molecular complexity index is 224. The minimum atomic E-state index is -5.08. The van der Waals surface area contributed by atoms with E-state index in [1.165, 1.54) is 0 Å². The molecule has 0 rings (SSSR count). The number of carboxylic acids is 1. The normalized spacial score (nSPS) is 17.0. The molecule has 0 bridgehead atoms. The van der Waals surface area contributed by atoms with E-state index in [2.05, 4.69) is 0 Å². The lowest BCUT2D eigenvalue weighted by Crippen LogP contribution is -2.40. The molecule has 0 aliphatic rings. The van der Waals surface area contributed by atoms with Gasteiger partial charge in [0.15, 0.2) is 0 Å². The first kappa shape index (κ1) is 11.5. The van der Waals surface area contributed by atoms with Gasteiger partial charge in [0, 0.05) is 6.42 Å². The van der Waals surface area contributed by atoms with E-state index in [0.717, 1.165) is 0 Å². The maximum absolute atomic E-state index is 10.5. The Morgan fingerprint density at radius 2 is 1.92 bits per heavy atom. The molecular weight excluding hydrogens is 189 g/mol. The van der Waals surface area contributed by atoms with E-state index in [1.54, 1.807) is 0 Å². The van der Waals surface area contributed by atoms with Crippen molar-refractivity contribution in [3.05, 3.63) is 0 Å². The van der Waals surface area contributed by atoms with Crippen LogP contribution in [0.25, 0.3) is 0 Å². The Labute approximate surface area is 68.0 Å². The minimum Gasteiger partial charge on any atom is -0.479 e. The molecule has 1 unspecified atom stereocenters. The summed E-state index contributed by atoms with van der Waals surface area (Å²) in [5, 5.41) is 14.2. The fourth-order valence-corrected chi connectivity index (χ4v) is 1.25. The Balaban J connectivity index is 4.88. The number of rotatable bonds is 4. The maximum atomic E-state index is 10.5. The Morgan fingerprint density at radius 3 is 2.00 bits per heavy atom. The first-order valence-corrected chi connectivity index (χ1v) is 4.58. The van der Waals surface area contributed by atoms with Crippen LogP contribution in [0.4, 0.5) is 0 Å². The summed E-state index contributed by atoms with van der Waals surface area (Å²) in [4.78, 5) is 27.2. The predicted octanol–water partition coefficient (Wildman–Crippen LogP) is -1.71. The molecule has 0 aromatic carbocycles. The summed E-state index contributed by atoms with van der Waals surface area (Å²) in [6, 6.07) is 0. The Hall–Kier alpha value is -0.460. The molecule has 0 spiro atoms. The molecule has 0 saturated heterocycles. The number of hydrogen-bond acceptors (Lipinski definition) is 4. The van der Waals surface area contributed by atoms with Crippen LogP contribution in [-0.4, -0.2) is 37.9 Å². The van der Waals surface area contributed by atoms with Crippen molar-refractivity contribution in [3.8, 4) is 0 Å². The predicted molar refractivity (Wildman–Crippen MR) is 38.3 cm³/mol. The highest BCUT2D eigenvalue weighted by Gasteiger charge is 2.51. The summed E-state index contributed by atoms with van der Waals surface area (Å²) in [5.41, 5.74) is 4.88. The third kappa shape index (κ3) is 2.02. The minimum absolute atomic E-state index is 0.325. The van der Waals surface area contributed by atoms with Crippen LogP contribution in [0, 0.1) is 0 Å². The topological polar surface area (TPSA) is 141 Å². The van der Waals surface area contributed by atoms with Gasteiger partial charge >= 0.3 is 13.6 Å². The first-order chi connectivity index (χ1) is 5.25.